The summed E-state index contributed by atoms with van der Waals surface area (Å²) in [5, 5.41) is 11.8. The summed E-state index contributed by atoms with van der Waals surface area (Å²) in [6.07, 6.45) is -0.490. The van der Waals surface area contributed by atoms with Crippen LogP contribution in [0.4, 0.5) is 17.6 Å². The highest BCUT2D eigenvalue weighted by molar-refractivity contribution is 5.95. The third-order valence-corrected chi connectivity index (χ3v) is 2.74. The number of alkyl halides is 2. The predicted molar refractivity (Wildman–Crippen MR) is 70.8 cm³/mol. The molecule has 0 radical (unpaired) electrons. The fourth-order valence-electron chi connectivity index (χ4n) is 1.85. The Morgan fingerprint density at radius 2 is 1.95 bits per heavy atom. The van der Waals surface area contributed by atoms with Gasteiger partial charge in [0.15, 0.2) is 11.6 Å². The molecule has 4 nitrogen and oxygen atoms in total. The van der Waals surface area contributed by atoms with Crippen LogP contribution in [-0.2, 0) is 0 Å². The first-order valence-corrected chi connectivity index (χ1v) is 6.61. The average Bonchev–Trinajstić information content (AvgIpc) is 2.39. The molecule has 1 amide bonds. The molecule has 1 rings (SSSR count). The Morgan fingerprint density at radius 3 is 2.50 bits per heavy atom. The Bertz CT molecular complexity index is 523. The zero-order chi connectivity index (χ0) is 16.9. The molecule has 0 spiro atoms. The van der Waals surface area contributed by atoms with Crippen LogP contribution >= 0.6 is 0 Å². The van der Waals surface area contributed by atoms with E-state index in [0.29, 0.717) is 18.6 Å². The molecule has 0 aliphatic carbocycles. The number of carbonyl (C=O) groups excluding carboxylic acids is 1. The molecule has 1 atom stereocenters. The summed E-state index contributed by atoms with van der Waals surface area (Å²) in [6, 6.07) is 1.32. The standard InChI is InChI=1S/C14H17F4NO3/c1-7(2)5-8(20)6-19-13(21)11-9(15)3-4-10(12(11)16)22-14(17)18/h3-4,7-8,14,20H,5-6H2,1-2H3,(H,19,21). The number of aliphatic hydroxyl groups is 1. The topological polar surface area (TPSA) is 58.6 Å². The first kappa shape index (κ1) is 18.2. The highest BCUT2D eigenvalue weighted by Crippen LogP contribution is 2.24. The molecular formula is C14H17F4NO3. The minimum absolute atomic E-state index is 0.170. The monoisotopic (exact) mass is 323 g/mol. The summed E-state index contributed by atoms with van der Waals surface area (Å²) >= 11 is 0. The van der Waals surface area contributed by atoms with E-state index in [1.807, 2.05) is 13.8 Å². The summed E-state index contributed by atoms with van der Waals surface area (Å²) in [4.78, 5) is 11.8. The number of hydrogen-bond acceptors (Lipinski definition) is 3. The molecule has 0 bridgehead atoms. The van der Waals surface area contributed by atoms with Crippen LogP contribution in [-0.4, -0.2) is 30.3 Å². The van der Waals surface area contributed by atoms with Crippen molar-refractivity contribution in [2.45, 2.75) is 33.0 Å². The quantitative estimate of drug-likeness (QED) is 0.759. The van der Waals surface area contributed by atoms with Gasteiger partial charge in [0.1, 0.15) is 11.4 Å². The Balaban J connectivity index is 2.84. The lowest BCUT2D eigenvalue weighted by atomic mass is 10.1. The van der Waals surface area contributed by atoms with E-state index in [0.717, 1.165) is 0 Å². The maximum atomic E-state index is 13.9. The Kier molecular flexibility index (Phi) is 6.61. The largest absolute Gasteiger partial charge is 0.432 e. The summed E-state index contributed by atoms with van der Waals surface area (Å²) in [7, 11) is 0. The summed E-state index contributed by atoms with van der Waals surface area (Å²) in [6.45, 7) is 0.199. The number of hydrogen-bond donors (Lipinski definition) is 2. The van der Waals surface area contributed by atoms with Gasteiger partial charge in [-0.05, 0) is 24.5 Å². The smallest absolute Gasteiger partial charge is 0.387 e. The second kappa shape index (κ2) is 7.98. The molecule has 0 aromatic heterocycles. The van der Waals surface area contributed by atoms with Crippen molar-refractivity contribution < 1.29 is 32.2 Å². The fraction of sp³-hybridized carbons (Fsp3) is 0.500. The van der Waals surface area contributed by atoms with Gasteiger partial charge in [0.25, 0.3) is 5.91 Å². The van der Waals surface area contributed by atoms with Crippen LogP contribution in [0.25, 0.3) is 0 Å². The van der Waals surface area contributed by atoms with Crippen LogP contribution in [0.5, 0.6) is 5.75 Å². The van der Waals surface area contributed by atoms with E-state index in [9.17, 15) is 27.5 Å². The van der Waals surface area contributed by atoms with Gasteiger partial charge in [0.05, 0.1) is 6.10 Å². The van der Waals surface area contributed by atoms with Crippen LogP contribution in [0, 0.1) is 17.6 Å². The molecule has 8 heteroatoms. The molecule has 0 saturated heterocycles. The number of ether oxygens (including phenoxy) is 1. The van der Waals surface area contributed by atoms with Crippen molar-refractivity contribution in [3.05, 3.63) is 29.3 Å². The van der Waals surface area contributed by atoms with Crippen molar-refractivity contribution in [1.29, 1.82) is 0 Å². The van der Waals surface area contributed by atoms with E-state index in [4.69, 9.17) is 0 Å². The zero-order valence-corrected chi connectivity index (χ0v) is 12.1. The predicted octanol–water partition coefficient (Wildman–Crippen LogP) is 2.70. The average molecular weight is 323 g/mol. The number of rotatable bonds is 7. The van der Waals surface area contributed by atoms with Crippen LogP contribution in [0.3, 0.4) is 0 Å². The molecule has 1 aromatic rings. The lowest BCUT2D eigenvalue weighted by Gasteiger charge is -2.15. The Hall–Kier alpha value is -1.83. The van der Waals surface area contributed by atoms with Gasteiger partial charge in [0.2, 0.25) is 0 Å². The van der Waals surface area contributed by atoms with Crippen molar-refractivity contribution >= 4 is 5.91 Å². The molecule has 0 saturated carbocycles. The van der Waals surface area contributed by atoms with Crippen LogP contribution in [0.1, 0.15) is 30.6 Å². The van der Waals surface area contributed by atoms with Gasteiger partial charge in [-0.25, -0.2) is 8.78 Å². The van der Waals surface area contributed by atoms with Gasteiger partial charge in [0, 0.05) is 6.54 Å². The van der Waals surface area contributed by atoms with Gasteiger partial charge in [-0.2, -0.15) is 8.78 Å². The first-order valence-electron chi connectivity index (χ1n) is 6.61. The SMILES string of the molecule is CC(C)CC(O)CNC(=O)c1c(F)ccc(OC(F)F)c1F. The summed E-state index contributed by atoms with van der Waals surface area (Å²) in [5.74, 6) is -4.64. The Morgan fingerprint density at radius 1 is 1.32 bits per heavy atom. The van der Waals surface area contributed by atoms with Gasteiger partial charge in [-0.3, -0.25) is 4.79 Å². The second-order valence-electron chi connectivity index (χ2n) is 5.11. The van der Waals surface area contributed by atoms with E-state index in [1.165, 1.54) is 0 Å². The molecule has 1 unspecified atom stereocenters. The molecule has 0 aliphatic rings. The molecule has 2 N–H and O–H groups in total. The van der Waals surface area contributed by atoms with Crippen molar-refractivity contribution in [3.8, 4) is 5.75 Å². The molecule has 0 fully saturated rings. The van der Waals surface area contributed by atoms with Gasteiger partial charge in [-0.15, -0.1) is 0 Å². The van der Waals surface area contributed by atoms with Crippen molar-refractivity contribution in [1.82, 2.24) is 5.32 Å². The minimum Gasteiger partial charge on any atom is -0.432 e. The van der Waals surface area contributed by atoms with E-state index >= 15 is 0 Å². The number of nitrogens with one attached hydrogen (secondary N) is 1. The molecule has 1 aromatic carbocycles. The minimum atomic E-state index is -3.30. The molecule has 124 valence electrons. The Labute approximate surface area is 125 Å². The number of carbonyl (C=O) groups is 1. The lowest BCUT2D eigenvalue weighted by Crippen LogP contribution is -2.33. The van der Waals surface area contributed by atoms with E-state index in [-0.39, 0.29) is 12.5 Å². The van der Waals surface area contributed by atoms with Gasteiger partial charge < -0.3 is 15.2 Å². The second-order valence-corrected chi connectivity index (χ2v) is 5.11. The number of amides is 1. The zero-order valence-electron chi connectivity index (χ0n) is 12.1. The maximum absolute atomic E-state index is 13.9. The van der Waals surface area contributed by atoms with Crippen molar-refractivity contribution in [2.24, 2.45) is 5.92 Å². The third kappa shape index (κ3) is 5.18. The van der Waals surface area contributed by atoms with Crippen LogP contribution in [0.2, 0.25) is 0 Å². The first-order chi connectivity index (χ1) is 10.2. The fourth-order valence-corrected chi connectivity index (χ4v) is 1.85. The highest BCUT2D eigenvalue weighted by Gasteiger charge is 2.23. The van der Waals surface area contributed by atoms with E-state index < -0.39 is 41.6 Å². The van der Waals surface area contributed by atoms with Gasteiger partial charge in [-0.1, -0.05) is 13.8 Å². The maximum Gasteiger partial charge on any atom is 0.387 e. The van der Waals surface area contributed by atoms with Crippen LogP contribution in [0.15, 0.2) is 12.1 Å². The normalized spacial score (nSPS) is 12.6. The molecule has 22 heavy (non-hydrogen) atoms. The summed E-state index contributed by atoms with van der Waals surface area (Å²) < 4.78 is 55.5. The number of aliphatic hydroxyl groups excluding tert-OH is 1. The molecule has 0 aliphatic heterocycles. The van der Waals surface area contributed by atoms with Crippen molar-refractivity contribution in [2.75, 3.05) is 6.54 Å². The number of benzene rings is 1. The summed E-state index contributed by atoms with van der Waals surface area (Å²) in [5.41, 5.74) is -1.03. The van der Waals surface area contributed by atoms with E-state index in [1.54, 1.807) is 0 Å². The lowest BCUT2D eigenvalue weighted by molar-refractivity contribution is -0.0523. The molecule has 0 heterocycles. The third-order valence-electron chi connectivity index (χ3n) is 2.74. The van der Waals surface area contributed by atoms with E-state index in [2.05, 4.69) is 10.1 Å². The van der Waals surface area contributed by atoms with Gasteiger partial charge >= 0.3 is 6.61 Å². The molecular weight excluding hydrogens is 306 g/mol. The highest BCUT2D eigenvalue weighted by atomic mass is 19.3. The number of halogens is 4. The van der Waals surface area contributed by atoms with Crippen molar-refractivity contribution in [3.63, 3.8) is 0 Å². The van der Waals surface area contributed by atoms with Crippen LogP contribution < -0.4 is 10.1 Å².